The Morgan fingerprint density at radius 2 is 0.905 bits per heavy atom. The third-order valence-electron chi connectivity index (χ3n) is 4.47. The summed E-state index contributed by atoms with van der Waals surface area (Å²) in [5.74, 6) is 0. The van der Waals surface area contributed by atoms with Crippen LogP contribution in [0.1, 0.15) is 61.1 Å². The van der Waals surface area contributed by atoms with Crippen LogP contribution >= 0.6 is 0 Å². The molecule has 0 spiro atoms. The molecule has 0 heteroatoms. The van der Waals surface area contributed by atoms with Crippen LogP contribution in [0.3, 0.4) is 0 Å². The van der Waals surface area contributed by atoms with Gasteiger partial charge in [-0.25, -0.2) is 0 Å². The lowest BCUT2D eigenvalue weighted by atomic mass is 9.94. The molecule has 2 aromatic rings. The largest absolute Gasteiger partial charge is 0.0613 e. The maximum Gasteiger partial charge on any atom is -0.00256 e. The topological polar surface area (TPSA) is 0 Å². The molecule has 0 radical (unpaired) electrons. The molecule has 0 aliphatic heterocycles. The van der Waals surface area contributed by atoms with E-state index in [-0.39, 0.29) is 0 Å². The van der Waals surface area contributed by atoms with Crippen LogP contribution < -0.4 is 0 Å². The first kappa shape index (κ1) is 15.8. The first-order chi connectivity index (χ1) is 10.2. The average Bonchev–Trinajstić information content (AvgIpc) is 2.54. The highest BCUT2D eigenvalue weighted by Crippen LogP contribution is 2.19. The molecular weight excluding hydrogens is 252 g/mol. The van der Waals surface area contributed by atoms with Crippen LogP contribution in [-0.2, 0) is 32.1 Å². The number of hydrogen-bond acceptors (Lipinski definition) is 0. The lowest BCUT2D eigenvalue weighted by Crippen LogP contribution is -1.97. The summed E-state index contributed by atoms with van der Waals surface area (Å²) in [6.07, 6.45) is 5.58. The van der Waals surface area contributed by atoms with Crippen LogP contribution in [0.25, 0.3) is 0 Å². The van der Waals surface area contributed by atoms with Crippen molar-refractivity contribution >= 4 is 0 Å². The van der Waals surface area contributed by atoms with Crippen molar-refractivity contribution < 1.29 is 0 Å². The molecule has 2 rings (SSSR count). The van der Waals surface area contributed by atoms with Crippen LogP contribution in [0.15, 0.2) is 36.4 Å². The molecule has 0 unspecified atom stereocenters. The minimum atomic E-state index is 1.05. The van der Waals surface area contributed by atoms with E-state index in [4.69, 9.17) is 0 Å². The highest BCUT2D eigenvalue weighted by molar-refractivity contribution is 5.38. The van der Waals surface area contributed by atoms with E-state index in [2.05, 4.69) is 64.1 Å². The van der Waals surface area contributed by atoms with Crippen molar-refractivity contribution in [2.24, 2.45) is 0 Å². The zero-order chi connectivity index (χ0) is 15.2. The minimum absolute atomic E-state index is 1.05. The summed E-state index contributed by atoms with van der Waals surface area (Å²) in [6, 6.07) is 14.0. The van der Waals surface area contributed by atoms with Crippen molar-refractivity contribution in [3.63, 3.8) is 0 Å². The zero-order valence-corrected chi connectivity index (χ0v) is 14.0. The molecule has 0 heterocycles. The van der Waals surface area contributed by atoms with E-state index < -0.39 is 0 Å². The molecule has 0 aromatic heterocycles. The normalized spacial score (nSPS) is 10.9. The highest BCUT2D eigenvalue weighted by Gasteiger charge is 2.05. The predicted octanol–water partition coefficient (Wildman–Crippen LogP) is 5.53. The predicted molar refractivity (Wildman–Crippen MR) is 93.2 cm³/mol. The van der Waals surface area contributed by atoms with Crippen molar-refractivity contribution in [2.45, 2.75) is 59.8 Å². The molecular formula is C21H28. The van der Waals surface area contributed by atoms with E-state index in [0.717, 1.165) is 32.1 Å². The summed E-state index contributed by atoms with van der Waals surface area (Å²) in [5.41, 5.74) is 8.89. The van der Waals surface area contributed by atoms with Gasteiger partial charge in [0.05, 0.1) is 0 Å². The number of aryl methyl sites for hydroxylation is 4. The second-order valence-corrected chi connectivity index (χ2v) is 5.80. The molecule has 0 N–H and O–H groups in total. The SMILES string of the molecule is CCc1ccc(Cc2ccc(CC)c(CC)c2)cc1CC. The molecule has 0 amide bonds. The highest BCUT2D eigenvalue weighted by atomic mass is 14.1. The van der Waals surface area contributed by atoms with Gasteiger partial charge in [0.1, 0.15) is 0 Å². The van der Waals surface area contributed by atoms with Crippen LogP contribution in [0.2, 0.25) is 0 Å². The van der Waals surface area contributed by atoms with E-state index >= 15 is 0 Å². The van der Waals surface area contributed by atoms with Crippen LogP contribution in [0, 0.1) is 0 Å². The van der Waals surface area contributed by atoms with Gasteiger partial charge in [0.25, 0.3) is 0 Å². The summed E-state index contributed by atoms with van der Waals surface area (Å²) in [5, 5.41) is 0. The molecule has 21 heavy (non-hydrogen) atoms. The molecule has 0 aliphatic carbocycles. The molecule has 0 saturated carbocycles. The minimum Gasteiger partial charge on any atom is -0.0613 e. The molecule has 2 aromatic carbocycles. The van der Waals surface area contributed by atoms with Gasteiger partial charge in [-0.15, -0.1) is 0 Å². The van der Waals surface area contributed by atoms with Crippen molar-refractivity contribution in [3.05, 3.63) is 69.8 Å². The molecule has 0 bridgehead atoms. The Kier molecular flexibility index (Phi) is 5.61. The molecule has 0 fully saturated rings. The Balaban J connectivity index is 2.25. The third-order valence-corrected chi connectivity index (χ3v) is 4.47. The van der Waals surface area contributed by atoms with E-state index in [0.29, 0.717) is 0 Å². The molecule has 0 atom stereocenters. The Morgan fingerprint density at radius 3 is 1.24 bits per heavy atom. The summed E-state index contributed by atoms with van der Waals surface area (Å²) in [7, 11) is 0. The van der Waals surface area contributed by atoms with Crippen LogP contribution in [0.5, 0.6) is 0 Å². The fraction of sp³-hybridized carbons (Fsp3) is 0.429. The third kappa shape index (κ3) is 3.75. The maximum absolute atomic E-state index is 2.40. The summed E-state index contributed by atoms with van der Waals surface area (Å²) in [6.45, 7) is 8.99. The van der Waals surface area contributed by atoms with Gasteiger partial charge in [0.2, 0.25) is 0 Å². The van der Waals surface area contributed by atoms with Crippen molar-refractivity contribution in [1.29, 1.82) is 0 Å². The molecule has 112 valence electrons. The van der Waals surface area contributed by atoms with Gasteiger partial charge >= 0.3 is 0 Å². The first-order valence-electron chi connectivity index (χ1n) is 8.43. The van der Waals surface area contributed by atoms with Gasteiger partial charge in [0, 0.05) is 0 Å². The smallest absolute Gasteiger partial charge is 0.00256 e. The monoisotopic (exact) mass is 280 g/mol. The van der Waals surface area contributed by atoms with Gasteiger partial charge in [0.15, 0.2) is 0 Å². The van der Waals surface area contributed by atoms with Gasteiger partial charge in [-0.05, 0) is 65.5 Å². The lowest BCUT2D eigenvalue weighted by molar-refractivity contribution is 1.01. The Labute approximate surface area is 130 Å². The van der Waals surface area contributed by atoms with E-state index in [1.54, 1.807) is 0 Å². The number of rotatable bonds is 6. The Morgan fingerprint density at radius 1 is 0.524 bits per heavy atom. The number of benzene rings is 2. The zero-order valence-electron chi connectivity index (χ0n) is 14.0. The van der Waals surface area contributed by atoms with Crippen LogP contribution in [-0.4, -0.2) is 0 Å². The number of hydrogen-bond donors (Lipinski definition) is 0. The summed E-state index contributed by atoms with van der Waals surface area (Å²) in [4.78, 5) is 0. The van der Waals surface area contributed by atoms with Crippen LogP contribution in [0.4, 0.5) is 0 Å². The van der Waals surface area contributed by atoms with Crippen molar-refractivity contribution in [2.75, 3.05) is 0 Å². The second-order valence-electron chi connectivity index (χ2n) is 5.80. The first-order valence-corrected chi connectivity index (χ1v) is 8.43. The Bertz CT molecular complexity index is 539. The van der Waals surface area contributed by atoms with E-state index in [1.165, 1.54) is 33.4 Å². The maximum atomic E-state index is 2.40. The average molecular weight is 280 g/mol. The fourth-order valence-corrected chi connectivity index (χ4v) is 3.16. The lowest BCUT2D eigenvalue weighted by Gasteiger charge is -2.11. The fourth-order valence-electron chi connectivity index (χ4n) is 3.16. The standard InChI is InChI=1S/C21H28/c1-5-18-11-9-16(14-20(18)7-3)13-17-10-12-19(6-2)21(8-4)15-17/h9-12,14-15H,5-8,13H2,1-4H3. The van der Waals surface area contributed by atoms with Gasteiger partial charge < -0.3 is 0 Å². The summed E-state index contributed by atoms with van der Waals surface area (Å²) >= 11 is 0. The van der Waals surface area contributed by atoms with E-state index in [1.807, 2.05) is 0 Å². The van der Waals surface area contributed by atoms with Crippen molar-refractivity contribution in [1.82, 2.24) is 0 Å². The van der Waals surface area contributed by atoms with Gasteiger partial charge in [-0.2, -0.15) is 0 Å². The van der Waals surface area contributed by atoms with Crippen molar-refractivity contribution in [3.8, 4) is 0 Å². The molecule has 0 nitrogen and oxygen atoms in total. The van der Waals surface area contributed by atoms with E-state index in [9.17, 15) is 0 Å². The molecule has 0 aliphatic rings. The summed E-state index contributed by atoms with van der Waals surface area (Å²) < 4.78 is 0. The van der Waals surface area contributed by atoms with Gasteiger partial charge in [-0.1, -0.05) is 64.1 Å². The van der Waals surface area contributed by atoms with Gasteiger partial charge in [-0.3, -0.25) is 0 Å². The quantitative estimate of drug-likeness (QED) is 0.653. The second kappa shape index (κ2) is 7.45. The molecule has 0 saturated heterocycles. The Hall–Kier alpha value is -1.56.